The fourth-order valence-electron chi connectivity index (χ4n) is 2.80. The molecule has 0 aromatic rings. The number of nitrogens with one attached hydrogen (secondary N) is 2. The van der Waals surface area contributed by atoms with E-state index in [1.807, 2.05) is 4.90 Å². The lowest BCUT2D eigenvalue weighted by atomic mass is 10.0. The van der Waals surface area contributed by atoms with Crippen molar-refractivity contribution in [2.24, 2.45) is 5.73 Å². The average Bonchev–Trinajstić information content (AvgIpc) is 2.41. The van der Waals surface area contributed by atoms with Crippen LogP contribution in [0.4, 0.5) is 0 Å². The monoisotopic (exact) mass is 283 g/mol. The summed E-state index contributed by atoms with van der Waals surface area (Å²) in [4.78, 5) is 27.0. The zero-order chi connectivity index (χ0) is 14.4. The molecule has 20 heavy (non-hydrogen) atoms. The molecule has 2 fully saturated rings. The molecule has 0 radical (unpaired) electrons. The van der Waals surface area contributed by atoms with Crippen LogP contribution in [0.5, 0.6) is 0 Å². The van der Waals surface area contributed by atoms with Crippen LogP contribution in [0.25, 0.3) is 0 Å². The van der Waals surface area contributed by atoms with Crippen LogP contribution in [-0.4, -0.2) is 80.0 Å². The smallest absolute Gasteiger partial charge is 0.234 e. The van der Waals surface area contributed by atoms with Gasteiger partial charge in [0.1, 0.15) is 0 Å². The maximum atomic E-state index is 12.0. The molecule has 7 nitrogen and oxygen atoms in total. The van der Waals surface area contributed by atoms with E-state index >= 15 is 0 Å². The number of piperazine rings is 1. The molecule has 4 N–H and O–H groups in total. The molecule has 0 saturated carbocycles. The highest BCUT2D eigenvalue weighted by molar-refractivity contribution is 5.78. The SMILES string of the molecule is NC(=O)CN1CCC(NC(=O)CN2CCNCC2)CC1. The van der Waals surface area contributed by atoms with Crippen molar-refractivity contribution in [3.63, 3.8) is 0 Å². The van der Waals surface area contributed by atoms with E-state index in [0.717, 1.165) is 52.1 Å². The molecule has 2 aliphatic rings. The Bertz CT molecular complexity index is 336. The minimum Gasteiger partial charge on any atom is -0.369 e. The Labute approximate surface area is 119 Å². The summed E-state index contributed by atoms with van der Waals surface area (Å²) in [5.74, 6) is -0.175. The van der Waals surface area contributed by atoms with Crippen molar-refractivity contribution in [1.29, 1.82) is 0 Å². The first kappa shape index (κ1) is 15.2. The predicted octanol–water partition coefficient (Wildman–Crippen LogP) is -2.04. The molecule has 2 saturated heterocycles. The van der Waals surface area contributed by atoms with Crippen molar-refractivity contribution in [2.75, 3.05) is 52.4 Å². The number of rotatable bonds is 5. The fraction of sp³-hybridized carbons (Fsp3) is 0.846. The highest BCUT2D eigenvalue weighted by atomic mass is 16.2. The molecule has 0 spiro atoms. The van der Waals surface area contributed by atoms with E-state index in [-0.39, 0.29) is 17.9 Å². The molecule has 2 rings (SSSR count). The van der Waals surface area contributed by atoms with Crippen molar-refractivity contribution >= 4 is 11.8 Å². The van der Waals surface area contributed by atoms with Gasteiger partial charge in [-0.1, -0.05) is 0 Å². The molecule has 0 unspecified atom stereocenters. The van der Waals surface area contributed by atoms with Gasteiger partial charge in [0.15, 0.2) is 0 Å². The Morgan fingerprint density at radius 1 is 1.05 bits per heavy atom. The Balaban J connectivity index is 1.64. The second-order valence-electron chi connectivity index (χ2n) is 5.61. The quantitative estimate of drug-likeness (QED) is 0.541. The first-order valence-corrected chi connectivity index (χ1v) is 7.36. The number of likely N-dealkylation sites (tertiary alicyclic amines) is 1. The highest BCUT2D eigenvalue weighted by Gasteiger charge is 2.22. The molecule has 2 aliphatic heterocycles. The van der Waals surface area contributed by atoms with Gasteiger partial charge in [0.2, 0.25) is 11.8 Å². The first-order chi connectivity index (χ1) is 9.63. The molecule has 0 aromatic heterocycles. The maximum absolute atomic E-state index is 12.0. The second kappa shape index (κ2) is 7.56. The number of carbonyl (C=O) groups excluding carboxylic acids is 2. The third kappa shape index (κ3) is 5.07. The van der Waals surface area contributed by atoms with Crippen molar-refractivity contribution < 1.29 is 9.59 Å². The summed E-state index contributed by atoms with van der Waals surface area (Å²) in [6.07, 6.45) is 1.78. The van der Waals surface area contributed by atoms with Crippen LogP contribution < -0.4 is 16.4 Å². The van der Waals surface area contributed by atoms with Gasteiger partial charge in [0, 0.05) is 45.3 Å². The Kier molecular flexibility index (Phi) is 5.75. The average molecular weight is 283 g/mol. The zero-order valence-electron chi connectivity index (χ0n) is 11.9. The number of amides is 2. The molecule has 114 valence electrons. The molecular formula is C13H25N5O2. The van der Waals surface area contributed by atoms with Crippen molar-refractivity contribution in [1.82, 2.24) is 20.4 Å². The van der Waals surface area contributed by atoms with Gasteiger partial charge in [0.25, 0.3) is 0 Å². The summed E-state index contributed by atoms with van der Waals surface area (Å²) in [6, 6.07) is 0.231. The number of nitrogens with two attached hydrogens (primary N) is 1. The van der Waals surface area contributed by atoms with E-state index in [9.17, 15) is 9.59 Å². The number of piperidine rings is 1. The van der Waals surface area contributed by atoms with Gasteiger partial charge in [-0.25, -0.2) is 0 Å². The van der Waals surface area contributed by atoms with Gasteiger partial charge in [-0.15, -0.1) is 0 Å². The van der Waals surface area contributed by atoms with Crippen LogP contribution in [0.3, 0.4) is 0 Å². The van der Waals surface area contributed by atoms with Gasteiger partial charge < -0.3 is 16.4 Å². The fourth-order valence-corrected chi connectivity index (χ4v) is 2.80. The van der Waals surface area contributed by atoms with Crippen LogP contribution in [0, 0.1) is 0 Å². The van der Waals surface area contributed by atoms with E-state index in [4.69, 9.17) is 5.73 Å². The van der Waals surface area contributed by atoms with Crippen LogP contribution >= 0.6 is 0 Å². The highest BCUT2D eigenvalue weighted by Crippen LogP contribution is 2.09. The van der Waals surface area contributed by atoms with Crippen molar-refractivity contribution in [3.8, 4) is 0 Å². The molecule has 2 amide bonds. The normalized spacial score (nSPS) is 22.6. The van der Waals surface area contributed by atoms with E-state index in [1.54, 1.807) is 0 Å². The molecular weight excluding hydrogens is 258 g/mol. The van der Waals surface area contributed by atoms with E-state index in [1.165, 1.54) is 0 Å². The van der Waals surface area contributed by atoms with Crippen LogP contribution in [0.2, 0.25) is 0 Å². The number of nitrogens with zero attached hydrogens (tertiary/aromatic N) is 2. The molecule has 2 heterocycles. The van der Waals surface area contributed by atoms with Gasteiger partial charge >= 0.3 is 0 Å². The van der Waals surface area contributed by atoms with E-state index in [2.05, 4.69) is 15.5 Å². The summed E-state index contributed by atoms with van der Waals surface area (Å²) in [5.41, 5.74) is 5.18. The van der Waals surface area contributed by atoms with Gasteiger partial charge in [0.05, 0.1) is 13.1 Å². The lowest BCUT2D eigenvalue weighted by Gasteiger charge is -2.32. The van der Waals surface area contributed by atoms with Gasteiger partial charge in [-0.2, -0.15) is 0 Å². The van der Waals surface area contributed by atoms with Crippen molar-refractivity contribution in [2.45, 2.75) is 18.9 Å². The summed E-state index contributed by atoms with van der Waals surface area (Å²) in [5, 5.41) is 6.37. The van der Waals surface area contributed by atoms with E-state index < -0.39 is 0 Å². The van der Waals surface area contributed by atoms with Gasteiger partial charge in [-0.05, 0) is 12.8 Å². The first-order valence-electron chi connectivity index (χ1n) is 7.36. The minimum atomic E-state index is -0.286. The van der Waals surface area contributed by atoms with Gasteiger partial charge in [-0.3, -0.25) is 19.4 Å². The number of carbonyl (C=O) groups is 2. The zero-order valence-corrected chi connectivity index (χ0v) is 11.9. The number of hydrogen-bond donors (Lipinski definition) is 3. The lowest BCUT2D eigenvalue weighted by molar-refractivity contribution is -0.124. The molecule has 0 aliphatic carbocycles. The summed E-state index contributed by atoms with van der Waals surface area (Å²) in [6.45, 7) is 6.24. The Morgan fingerprint density at radius 3 is 2.25 bits per heavy atom. The number of hydrogen-bond acceptors (Lipinski definition) is 5. The second-order valence-corrected chi connectivity index (χ2v) is 5.61. The van der Waals surface area contributed by atoms with Crippen molar-refractivity contribution in [3.05, 3.63) is 0 Å². The molecule has 7 heteroatoms. The maximum Gasteiger partial charge on any atom is 0.234 e. The number of primary amides is 1. The summed E-state index contributed by atoms with van der Waals surface area (Å²) < 4.78 is 0. The molecule has 0 atom stereocenters. The molecule has 0 bridgehead atoms. The lowest BCUT2D eigenvalue weighted by Crippen LogP contribution is -2.51. The van der Waals surface area contributed by atoms with E-state index in [0.29, 0.717) is 13.1 Å². The largest absolute Gasteiger partial charge is 0.369 e. The topological polar surface area (TPSA) is 90.7 Å². The Morgan fingerprint density at radius 2 is 1.65 bits per heavy atom. The third-order valence-electron chi connectivity index (χ3n) is 3.91. The third-order valence-corrected chi connectivity index (χ3v) is 3.91. The van der Waals surface area contributed by atoms with Crippen LogP contribution in [0.1, 0.15) is 12.8 Å². The predicted molar refractivity (Wildman–Crippen MR) is 76.1 cm³/mol. The van der Waals surface area contributed by atoms with Crippen LogP contribution in [0.15, 0.2) is 0 Å². The Hall–Kier alpha value is -1.18. The summed E-state index contributed by atoms with van der Waals surface area (Å²) in [7, 11) is 0. The summed E-state index contributed by atoms with van der Waals surface area (Å²) >= 11 is 0. The standard InChI is InChI=1S/C13H25N5O2/c14-12(19)9-17-5-1-11(2-6-17)16-13(20)10-18-7-3-15-4-8-18/h11,15H,1-10H2,(H2,14,19)(H,16,20). The minimum absolute atomic E-state index is 0.111. The van der Waals surface area contributed by atoms with Crippen LogP contribution in [-0.2, 0) is 9.59 Å². The molecule has 0 aromatic carbocycles.